The SMILES string of the molecule is CCOc1c(Cl)cccc1CN1CCC(NCC2CC2)CC1. The lowest BCUT2D eigenvalue weighted by atomic mass is 10.0. The van der Waals surface area contributed by atoms with Crippen LogP contribution >= 0.6 is 11.6 Å². The largest absolute Gasteiger partial charge is 0.492 e. The Morgan fingerprint density at radius 1 is 1.23 bits per heavy atom. The molecule has 1 saturated carbocycles. The molecule has 0 unspecified atom stereocenters. The summed E-state index contributed by atoms with van der Waals surface area (Å²) in [6, 6.07) is 6.77. The minimum Gasteiger partial charge on any atom is -0.492 e. The topological polar surface area (TPSA) is 24.5 Å². The zero-order chi connectivity index (χ0) is 15.4. The number of nitrogens with one attached hydrogen (secondary N) is 1. The fourth-order valence-corrected chi connectivity index (χ4v) is 3.42. The summed E-state index contributed by atoms with van der Waals surface area (Å²) in [7, 11) is 0. The Morgan fingerprint density at radius 2 is 2.00 bits per heavy atom. The van der Waals surface area contributed by atoms with E-state index in [1.807, 2.05) is 19.1 Å². The summed E-state index contributed by atoms with van der Waals surface area (Å²) in [5.41, 5.74) is 1.21. The molecule has 1 saturated heterocycles. The minimum atomic E-state index is 0.657. The normalized spacial score (nSPS) is 20.3. The second-order valence-corrected chi connectivity index (χ2v) is 6.97. The van der Waals surface area contributed by atoms with Gasteiger partial charge in [-0.25, -0.2) is 0 Å². The molecule has 2 fully saturated rings. The third-order valence-corrected chi connectivity index (χ3v) is 5.01. The monoisotopic (exact) mass is 322 g/mol. The van der Waals surface area contributed by atoms with E-state index in [1.165, 1.54) is 37.8 Å². The van der Waals surface area contributed by atoms with Crippen molar-refractivity contribution in [1.29, 1.82) is 0 Å². The highest BCUT2D eigenvalue weighted by Crippen LogP contribution is 2.31. The average molecular weight is 323 g/mol. The molecular weight excluding hydrogens is 296 g/mol. The molecule has 1 heterocycles. The lowest BCUT2D eigenvalue weighted by Crippen LogP contribution is -2.42. The molecule has 0 amide bonds. The highest BCUT2D eigenvalue weighted by molar-refractivity contribution is 6.32. The van der Waals surface area contributed by atoms with E-state index in [2.05, 4.69) is 16.3 Å². The van der Waals surface area contributed by atoms with Crippen LogP contribution in [0, 0.1) is 5.92 Å². The van der Waals surface area contributed by atoms with Crippen molar-refractivity contribution in [1.82, 2.24) is 10.2 Å². The third-order valence-electron chi connectivity index (χ3n) is 4.71. The van der Waals surface area contributed by atoms with Gasteiger partial charge in [-0.1, -0.05) is 23.7 Å². The van der Waals surface area contributed by atoms with Crippen LogP contribution in [0.3, 0.4) is 0 Å². The fraction of sp³-hybridized carbons (Fsp3) is 0.667. The molecule has 3 nitrogen and oxygen atoms in total. The van der Waals surface area contributed by atoms with Crippen molar-refractivity contribution in [3.63, 3.8) is 0 Å². The number of ether oxygens (including phenoxy) is 1. The Morgan fingerprint density at radius 3 is 2.68 bits per heavy atom. The van der Waals surface area contributed by atoms with Crippen molar-refractivity contribution in [2.75, 3.05) is 26.2 Å². The van der Waals surface area contributed by atoms with E-state index in [9.17, 15) is 0 Å². The Balaban J connectivity index is 1.50. The summed E-state index contributed by atoms with van der Waals surface area (Å²) in [6.07, 6.45) is 5.36. The summed E-state index contributed by atoms with van der Waals surface area (Å²) in [5.74, 6) is 1.83. The van der Waals surface area contributed by atoms with Gasteiger partial charge in [-0.3, -0.25) is 4.90 Å². The van der Waals surface area contributed by atoms with Crippen LogP contribution in [-0.4, -0.2) is 37.2 Å². The minimum absolute atomic E-state index is 0.657. The molecule has 0 radical (unpaired) electrons. The molecule has 2 aliphatic rings. The van der Waals surface area contributed by atoms with E-state index in [4.69, 9.17) is 16.3 Å². The first-order valence-electron chi connectivity index (χ1n) is 8.62. The molecule has 122 valence electrons. The van der Waals surface area contributed by atoms with E-state index in [1.54, 1.807) is 0 Å². The molecule has 1 aliphatic heterocycles. The van der Waals surface area contributed by atoms with Gasteiger partial charge in [0, 0.05) is 18.2 Å². The van der Waals surface area contributed by atoms with Crippen LogP contribution in [0.4, 0.5) is 0 Å². The van der Waals surface area contributed by atoms with E-state index in [0.717, 1.165) is 36.3 Å². The Kier molecular flexibility index (Phi) is 5.61. The Bertz CT molecular complexity index is 482. The summed E-state index contributed by atoms with van der Waals surface area (Å²) < 4.78 is 5.73. The van der Waals surface area contributed by atoms with Gasteiger partial charge in [0.15, 0.2) is 0 Å². The van der Waals surface area contributed by atoms with Crippen LogP contribution in [0.25, 0.3) is 0 Å². The van der Waals surface area contributed by atoms with E-state index >= 15 is 0 Å². The van der Waals surface area contributed by atoms with E-state index in [0.29, 0.717) is 12.6 Å². The van der Waals surface area contributed by atoms with Gasteiger partial charge in [-0.05, 0) is 64.2 Å². The van der Waals surface area contributed by atoms with Crippen LogP contribution in [0.2, 0.25) is 5.02 Å². The highest BCUT2D eigenvalue weighted by atomic mass is 35.5. The smallest absolute Gasteiger partial charge is 0.142 e. The van der Waals surface area contributed by atoms with Crippen molar-refractivity contribution >= 4 is 11.6 Å². The molecule has 1 N–H and O–H groups in total. The molecule has 0 spiro atoms. The van der Waals surface area contributed by atoms with Gasteiger partial charge in [-0.15, -0.1) is 0 Å². The summed E-state index contributed by atoms with van der Waals surface area (Å²) in [6.45, 7) is 7.13. The maximum Gasteiger partial charge on any atom is 0.142 e. The number of para-hydroxylation sites is 1. The standard InChI is InChI=1S/C18H27ClN2O/c1-2-22-18-15(4-3-5-17(18)19)13-21-10-8-16(9-11-21)20-12-14-6-7-14/h3-5,14,16,20H,2,6-13H2,1H3. The van der Waals surface area contributed by atoms with Crippen molar-refractivity contribution < 1.29 is 4.74 Å². The zero-order valence-corrected chi connectivity index (χ0v) is 14.2. The Hall–Kier alpha value is -0.770. The van der Waals surface area contributed by atoms with Crippen LogP contribution in [-0.2, 0) is 6.54 Å². The van der Waals surface area contributed by atoms with Gasteiger partial charge in [0.25, 0.3) is 0 Å². The van der Waals surface area contributed by atoms with Gasteiger partial charge in [0.2, 0.25) is 0 Å². The lowest BCUT2D eigenvalue weighted by molar-refractivity contribution is 0.187. The maximum absolute atomic E-state index is 6.27. The molecule has 4 heteroatoms. The summed E-state index contributed by atoms with van der Waals surface area (Å²) in [4.78, 5) is 2.52. The van der Waals surface area contributed by atoms with E-state index in [-0.39, 0.29) is 0 Å². The number of rotatable bonds is 7. The fourth-order valence-electron chi connectivity index (χ4n) is 3.18. The molecule has 22 heavy (non-hydrogen) atoms. The van der Waals surface area contributed by atoms with Gasteiger partial charge in [0.1, 0.15) is 5.75 Å². The molecule has 1 aliphatic carbocycles. The van der Waals surface area contributed by atoms with Gasteiger partial charge >= 0.3 is 0 Å². The molecule has 0 aromatic heterocycles. The molecule has 1 aromatic rings. The molecule has 0 atom stereocenters. The van der Waals surface area contributed by atoms with Crippen LogP contribution < -0.4 is 10.1 Å². The average Bonchev–Trinajstić information content (AvgIpc) is 3.34. The van der Waals surface area contributed by atoms with Gasteiger partial charge in [-0.2, -0.15) is 0 Å². The Labute approximate surface area is 139 Å². The summed E-state index contributed by atoms with van der Waals surface area (Å²) in [5, 5.41) is 4.46. The second kappa shape index (κ2) is 7.67. The zero-order valence-electron chi connectivity index (χ0n) is 13.5. The van der Waals surface area contributed by atoms with Crippen LogP contribution in [0.5, 0.6) is 5.75 Å². The number of halogens is 1. The lowest BCUT2D eigenvalue weighted by Gasteiger charge is -2.33. The second-order valence-electron chi connectivity index (χ2n) is 6.56. The van der Waals surface area contributed by atoms with E-state index < -0.39 is 0 Å². The maximum atomic E-state index is 6.27. The van der Waals surface area contributed by atoms with Gasteiger partial charge in [0.05, 0.1) is 11.6 Å². The van der Waals surface area contributed by atoms with Gasteiger partial charge < -0.3 is 10.1 Å². The number of likely N-dealkylation sites (tertiary alicyclic amines) is 1. The van der Waals surface area contributed by atoms with Crippen molar-refractivity contribution in [3.05, 3.63) is 28.8 Å². The number of hydrogen-bond acceptors (Lipinski definition) is 3. The number of nitrogens with zero attached hydrogens (tertiary/aromatic N) is 1. The molecular formula is C18H27ClN2O. The summed E-state index contributed by atoms with van der Waals surface area (Å²) >= 11 is 6.27. The predicted octanol–water partition coefficient (Wildman–Crippen LogP) is 3.70. The number of piperidine rings is 1. The molecule has 0 bridgehead atoms. The number of hydrogen-bond donors (Lipinski definition) is 1. The third kappa shape index (κ3) is 4.37. The first-order chi connectivity index (χ1) is 10.8. The van der Waals surface area contributed by atoms with Crippen LogP contribution in [0.15, 0.2) is 18.2 Å². The first kappa shape index (κ1) is 16.1. The molecule has 1 aromatic carbocycles. The van der Waals surface area contributed by atoms with Crippen LogP contribution in [0.1, 0.15) is 38.2 Å². The predicted molar refractivity (Wildman–Crippen MR) is 91.6 cm³/mol. The molecule has 3 rings (SSSR count). The van der Waals surface area contributed by atoms with Crippen molar-refractivity contribution in [2.24, 2.45) is 5.92 Å². The first-order valence-corrected chi connectivity index (χ1v) is 9.00. The highest BCUT2D eigenvalue weighted by Gasteiger charge is 2.24. The van der Waals surface area contributed by atoms with Crippen molar-refractivity contribution in [3.8, 4) is 5.75 Å². The van der Waals surface area contributed by atoms with Crippen molar-refractivity contribution in [2.45, 2.75) is 45.2 Å². The quantitative estimate of drug-likeness (QED) is 0.828. The number of benzene rings is 1.